The minimum Gasteiger partial charge on any atom is -0.493 e. The Balaban J connectivity index is 2.13. The maximum atomic E-state index is 5.89. The van der Waals surface area contributed by atoms with Crippen LogP contribution in [0.2, 0.25) is 0 Å². The smallest absolute Gasteiger partial charge is 0.241 e. The van der Waals surface area contributed by atoms with Crippen LogP contribution in [-0.4, -0.2) is 20.5 Å². The molecule has 0 unspecified atom stereocenters. The summed E-state index contributed by atoms with van der Waals surface area (Å²) < 4.78 is 22.3. The van der Waals surface area contributed by atoms with Crippen molar-refractivity contribution in [2.24, 2.45) is 0 Å². The lowest BCUT2D eigenvalue weighted by atomic mass is 10.3. The van der Waals surface area contributed by atoms with E-state index < -0.39 is 6.29 Å². The van der Waals surface area contributed by atoms with Gasteiger partial charge in [-0.05, 0) is 24.3 Å². The summed E-state index contributed by atoms with van der Waals surface area (Å²) in [7, 11) is 3.23. The van der Waals surface area contributed by atoms with Crippen LogP contribution in [-0.2, 0) is 0 Å². The number of para-hydroxylation sites is 4. The van der Waals surface area contributed by atoms with E-state index in [4.69, 9.17) is 18.9 Å². The minimum atomic E-state index is -0.419. The van der Waals surface area contributed by atoms with E-state index in [9.17, 15) is 0 Å². The van der Waals surface area contributed by atoms with Gasteiger partial charge in [0.1, 0.15) is 0 Å². The molecule has 0 amide bonds. The van der Waals surface area contributed by atoms with E-state index in [1.165, 1.54) is 0 Å². The van der Waals surface area contributed by atoms with Crippen LogP contribution >= 0.6 is 0 Å². The van der Waals surface area contributed by atoms with Crippen LogP contribution in [0, 0.1) is 0 Å². The second-order valence-electron chi connectivity index (χ2n) is 4.38. The average Bonchev–Trinajstić information content (AvgIpc) is 2.55. The zero-order chi connectivity index (χ0) is 15.1. The topological polar surface area (TPSA) is 36.9 Å². The molecule has 0 radical (unpaired) electrons. The van der Waals surface area contributed by atoms with E-state index in [1.54, 1.807) is 14.2 Å². The van der Waals surface area contributed by atoms with Crippen molar-refractivity contribution in [2.45, 2.75) is 19.6 Å². The number of hydrogen-bond donors (Lipinski definition) is 0. The van der Waals surface area contributed by atoms with Gasteiger partial charge in [0.05, 0.1) is 14.2 Å². The Morgan fingerprint density at radius 1 is 0.714 bits per heavy atom. The van der Waals surface area contributed by atoms with Crippen LogP contribution in [0.25, 0.3) is 0 Å². The van der Waals surface area contributed by atoms with E-state index in [0.29, 0.717) is 29.4 Å². The van der Waals surface area contributed by atoms with E-state index in [2.05, 4.69) is 0 Å². The molecule has 0 fully saturated rings. The molecule has 0 aliphatic rings. The molecule has 2 aromatic carbocycles. The highest BCUT2D eigenvalue weighted by Gasteiger charge is 2.15. The Bertz CT molecular complexity index is 519. The molecule has 0 saturated heterocycles. The van der Waals surface area contributed by atoms with Gasteiger partial charge in [-0.2, -0.15) is 0 Å². The quantitative estimate of drug-likeness (QED) is 0.724. The summed E-state index contributed by atoms with van der Waals surface area (Å²) in [6.07, 6.45) is 0.272. The van der Waals surface area contributed by atoms with Gasteiger partial charge in [-0.1, -0.05) is 31.2 Å². The summed E-state index contributed by atoms with van der Waals surface area (Å²) >= 11 is 0. The second-order valence-corrected chi connectivity index (χ2v) is 4.38. The van der Waals surface area contributed by atoms with E-state index >= 15 is 0 Å². The first-order valence-corrected chi connectivity index (χ1v) is 6.87. The molecule has 0 aromatic heterocycles. The molecular weight excluding hydrogens is 268 g/mol. The van der Waals surface area contributed by atoms with Gasteiger partial charge >= 0.3 is 0 Å². The summed E-state index contributed by atoms with van der Waals surface area (Å²) in [6.45, 7) is 2.00. The maximum absolute atomic E-state index is 5.89. The van der Waals surface area contributed by atoms with Crippen molar-refractivity contribution in [3.63, 3.8) is 0 Å². The maximum Gasteiger partial charge on any atom is 0.241 e. The van der Waals surface area contributed by atoms with Crippen LogP contribution in [0.1, 0.15) is 13.3 Å². The molecule has 0 aliphatic heterocycles. The van der Waals surface area contributed by atoms with Crippen LogP contribution in [0.15, 0.2) is 48.5 Å². The fraction of sp³-hybridized carbons (Fsp3) is 0.294. The number of methoxy groups -OCH3 is 2. The molecule has 2 aromatic rings. The van der Waals surface area contributed by atoms with E-state index in [-0.39, 0.29) is 0 Å². The fourth-order valence-electron chi connectivity index (χ4n) is 1.91. The molecule has 0 aliphatic carbocycles. The third-order valence-electron chi connectivity index (χ3n) is 2.99. The first kappa shape index (κ1) is 15.0. The van der Waals surface area contributed by atoms with Crippen molar-refractivity contribution in [3.05, 3.63) is 48.5 Å². The molecule has 2 rings (SSSR count). The molecule has 21 heavy (non-hydrogen) atoms. The van der Waals surface area contributed by atoms with Gasteiger partial charge < -0.3 is 18.9 Å². The molecule has 4 nitrogen and oxygen atoms in total. The lowest BCUT2D eigenvalue weighted by Gasteiger charge is -2.21. The van der Waals surface area contributed by atoms with Crippen molar-refractivity contribution in [1.29, 1.82) is 0 Å². The third-order valence-corrected chi connectivity index (χ3v) is 2.99. The number of ether oxygens (including phenoxy) is 4. The van der Waals surface area contributed by atoms with Gasteiger partial charge in [0.25, 0.3) is 0 Å². The summed E-state index contributed by atoms with van der Waals surface area (Å²) in [5.41, 5.74) is 0. The SMILES string of the molecule is CCC(Oc1ccccc1OC)Oc1ccccc1OC. The fourth-order valence-corrected chi connectivity index (χ4v) is 1.91. The van der Waals surface area contributed by atoms with Gasteiger partial charge in [-0.25, -0.2) is 0 Å². The van der Waals surface area contributed by atoms with Crippen LogP contribution in [0.3, 0.4) is 0 Å². The van der Waals surface area contributed by atoms with Gasteiger partial charge in [0.15, 0.2) is 23.0 Å². The molecule has 4 heteroatoms. The number of hydrogen-bond acceptors (Lipinski definition) is 4. The molecule has 0 heterocycles. The largest absolute Gasteiger partial charge is 0.493 e. The molecule has 0 spiro atoms. The monoisotopic (exact) mass is 288 g/mol. The van der Waals surface area contributed by atoms with Crippen molar-refractivity contribution < 1.29 is 18.9 Å². The van der Waals surface area contributed by atoms with Crippen molar-refractivity contribution >= 4 is 0 Å². The standard InChI is InChI=1S/C17H20O4/c1-4-17(20-15-11-7-5-9-13(15)18-2)21-16-12-8-6-10-14(16)19-3/h5-12,17H,4H2,1-3H3. The summed E-state index contributed by atoms with van der Waals surface area (Å²) in [5, 5.41) is 0. The predicted molar refractivity (Wildman–Crippen MR) is 81.3 cm³/mol. The molecule has 0 N–H and O–H groups in total. The summed E-state index contributed by atoms with van der Waals surface area (Å²) in [6, 6.07) is 15.0. The number of rotatable bonds is 7. The number of benzene rings is 2. The zero-order valence-corrected chi connectivity index (χ0v) is 12.5. The van der Waals surface area contributed by atoms with E-state index in [1.807, 2.05) is 55.5 Å². The Morgan fingerprint density at radius 2 is 1.10 bits per heavy atom. The molecular formula is C17H20O4. The first-order chi connectivity index (χ1) is 10.3. The highest BCUT2D eigenvalue weighted by Crippen LogP contribution is 2.30. The molecule has 112 valence electrons. The lowest BCUT2D eigenvalue weighted by molar-refractivity contribution is -0.000202. The highest BCUT2D eigenvalue weighted by molar-refractivity contribution is 5.41. The third kappa shape index (κ3) is 3.81. The molecule has 0 atom stereocenters. The first-order valence-electron chi connectivity index (χ1n) is 6.87. The normalized spacial score (nSPS) is 10.3. The zero-order valence-electron chi connectivity index (χ0n) is 12.5. The summed E-state index contributed by atoms with van der Waals surface area (Å²) in [4.78, 5) is 0. The van der Waals surface area contributed by atoms with Crippen molar-refractivity contribution in [1.82, 2.24) is 0 Å². The Kier molecular flexibility index (Phi) is 5.32. The van der Waals surface area contributed by atoms with Crippen LogP contribution < -0.4 is 18.9 Å². The van der Waals surface area contributed by atoms with Gasteiger partial charge in [0.2, 0.25) is 6.29 Å². The van der Waals surface area contributed by atoms with Crippen molar-refractivity contribution in [3.8, 4) is 23.0 Å². The van der Waals surface area contributed by atoms with Crippen LogP contribution in [0.5, 0.6) is 23.0 Å². The molecule has 0 bridgehead atoms. The van der Waals surface area contributed by atoms with Gasteiger partial charge in [-0.15, -0.1) is 0 Å². The highest BCUT2D eigenvalue weighted by atomic mass is 16.7. The average molecular weight is 288 g/mol. The summed E-state index contributed by atoms with van der Waals surface area (Å²) in [5.74, 6) is 2.67. The Hall–Kier alpha value is -2.36. The Morgan fingerprint density at radius 3 is 1.43 bits per heavy atom. The van der Waals surface area contributed by atoms with Gasteiger partial charge in [-0.3, -0.25) is 0 Å². The second kappa shape index (κ2) is 7.43. The van der Waals surface area contributed by atoms with Crippen LogP contribution in [0.4, 0.5) is 0 Å². The Labute approximate surface area is 125 Å². The minimum absolute atomic E-state index is 0.419. The predicted octanol–water partition coefficient (Wildman–Crippen LogP) is 3.90. The van der Waals surface area contributed by atoms with Crippen molar-refractivity contribution in [2.75, 3.05) is 14.2 Å². The van der Waals surface area contributed by atoms with Gasteiger partial charge in [0, 0.05) is 6.42 Å². The lowest BCUT2D eigenvalue weighted by Crippen LogP contribution is -2.23. The molecule has 0 saturated carbocycles. The van der Waals surface area contributed by atoms with E-state index in [0.717, 1.165) is 0 Å².